The molecule has 26 heavy (non-hydrogen) atoms. The van der Waals surface area contributed by atoms with Crippen molar-refractivity contribution in [1.29, 1.82) is 0 Å². The molecule has 3 unspecified atom stereocenters. The van der Waals surface area contributed by atoms with Gasteiger partial charge in [0.2, 0.25) is 11.8 Å². The molecule has 1 saturated heterocycles. The lowest BCUT2D eigenvalue weighted by atomic mass is 9.89. The molecule has 1 fully saturated rings. The minimum atomic E-state index is -1.03. The van der Waals surface area contributed by atoms with Crippen LogP contribution in [0.2, 0.25) is 0 Å². The lowest BCUT2D eigenvalue weighted by Gasteiger charge is -2.29. The highest BCUT2D eigenvalue weighted by atomic mass is 19.1. The Morgan fingerprint density at radius 3 is 2.65 bits per heavy atom. The number of nitrogens with one attached hydrogen (secondary N) is 2. The fourth-order valence-electron chi connectivity index (χ4n) is 3.15. The fraction of sp³-hybridized carbons (Fsp3) is 0.300. The normalized spacial score (nSPS) is 20.9. The number of carbonyl (C=O) groups is 2. The third kappa shape index (κ3) is 4.26. The van der Waals surface area contributed by atoms with E-state index < -0.39 is 23.7 Å². The average Bonchev–Trinajstić information content (AvgIpc) is 2.66. The van der Waals surface area contributed by atoms with Gasteiger partial charge in [0.1, 0.15) is 11.7 Å². The minimum Gasteiger partial charge on any atom is -0.387 e. The van der Waals surface area contributed by atoms with Crippen molar-refractivity contribution in [2.75, 3.05) is 6.54 Å². The van der Waals surface area contributed by atoms with Crippen molar-refractivity contribution in [1.82, 2.24) is 10.6 Å². The van der Waals surface area contributed by atoms with Gasteiger partial charge in [-0.05, 0) is 36.1 Å². The van der Waals surface area contributed by atoms with E-state index in [9.17, 15) is 19.1 Å². The molecule has 1 aliphatic heterocycles. The first-order valence-corrected chi connectivity index (χ1v) is 8.61. The summed E-state index contributed by atoms with van der Waals surface area (Å²) in [6.45, 7) is -0.0752. The van der Waals surface area contributed by atoms with Crippen molar-refractivity contribution in [3.63, 3.8) is 0 Å². The molecule has 3 atom stereocenters. The molecule has 5 nitrogen and oxygen atoms in total. The molecule has 0 radical (unpaired) electrons. The highest BCUT2D eigenvalue weighted by Gasteiger charge is 2.33. The molecule has 2 aromatic rings. The maximum Gasteiger partial charge on any atom is 0.233 e. The number of carbonyl (C=O) groups excluding carboxylic acids is 2. The third-order valence-corrected chi connectivity index (χ3v) is 4.60. The number of aliphatic hydroxyl groups excluding tert-OH is 1. The summed E-state index contributed by atoms with van der Waals surface area (Å²) in [6.07, 6.45) is 0.0755. The van der Waals surface area contributed by atoms with Gasteiger partial charge in [-0.3, -0.25) is 9.59 Å². The van der Waals surface area contributed by atoms with E-state index in [0.717, 1.165) is 5.56 Å². The van der Waals surface area contributed by atoms with Crippen LogP contribution in [0.5, 0.6) is 0 Å². The summed E-state index contributed by atoms with van der Waals surface area (Å²) in [5, 5.41) is 15.5. The average molecular weight is 356 g/mol. The molecule has 6 heteroatoms. The van der Waals surface area contributed by atoms with Gasteiger partial charge < -0.3 is 15.7 Å². The summed E-state index contributed by atoms with van der Waals surface area (Å²) in [7, 11) is 0. The number of hydrogen-bond acceptors (Lipinski definition) is 3. The lowest BCUT2D eigenvalue weighted by molar-refractivity contribution is -0.138. The molecule has 0 saturated carbocycles. The van der Waals surface area contributed by atoms with Gasteiger partial charge in [0, 0.05) is 6.54 Å². The van der Waals surface area contributed by atoms with Crippen LogP contribution in [0.4, 0.5) is 4.39 Å². The van der Waals surface area contributed by atoms with Crippen molar-refractivity contribution >= 4 is 11.8 Å². The van der Waals surface area contributed by atoms with Gasteiger partial charge in [0.25, 0.3) is 0 Å². The maximum atomic E-state index is 13.2. The first-order chi connectivity index (χ1) is 12.5. The van der Waals surface area contributed by atoms with Crippen molar-refractivity contribution in [3.8, 4) is 0 Å². The minimum absolute atomic E-state index is 0.0752. The zero-order valence-corrected chi connectivity index (χ0v) is 14.2. The van der Waals surface area contributed by atoms with E-state index in [-0.39, 0.29) is 18.5 Å². The molecular formula is C20H21FN2O3. The molecule has 0 aromatic heterocycles. The van der Waals surface area contributed by atoms with Gasteiger partial charge in [-0.2, -0.15) is 0 Å². The molecule has 3 rings (SSSR count). The number of hydrogen-bond donors (Lipinski definition) is 3. The Kier molecular flexibility index (Phi) is 5.63. The molecular weight excluding hydrogens is 335 g/mol. The van der Waals surface area contributed by atoms with E-state index in [4.69, 9.17) is 0 Å². The summed E-state index contributed by atoms with van der Waals surface area (Å²) in [5.41, 5.74) is 1.39. The predicted octanol–water partition coefficient (Wildman–Crippen LogP) is 2.24. The van der Waals surface area contributed by atoms with Crippen molar-refractivity contribution in [2.45, 2.75) is 25.0 Å². The predicted molar refractivity (Wildman–Crippen MR) is 94.4 cm³/mol. The van der Waals surface area contributed by atoms with E-state index in [1.165, 1.54) is 18.2 Å². The Labute approximate surface area is 151 Å². The second-order valence-corrected chi connectivity index (χ2v) is 6.42. The van der Waals surface area contributed by atoms with Crippen LogP contribution >= 0.6 is 0 Å². The van der Waals surface area contributed by atoms with Crippen LogP contribution < -0.4 is 10.6 Å². The quantitative estimate of drug-likeness (QED) is 0.719. The fourth-order valence-corrected chi connectivity index (χ4v) is 3.15. The van der Waals surface area contributed by atoms with Crippen LogP contribution in [0.3, 0.4) is 0 Å². The van der Waals surface area contributed by atoms with Gasteiger partial charge >= 0.3 is 0 Å². The molecule has 0 aliphatic carbocycles. The standard InChI is InChI=1S/C20H21FN2O3/c21-15-8-4-7-14(11-15)18(24)12-22-19(25)16-9-10-17(23-20(16)26)13-5-2-1-3-6-13/h1-8,11,16-18,24H,9-10,12H2,(H,22,25)(H,23,26). The van der Waals surface area contributed by atoms with Gasteiger partial charge in [-0.1, -0.05) is 42.5 Å². The van der Waals surface area contributed by atoms with Crippen LogP contribution in [0.25, 0.3) is 0 Å². The molecule has 0 spiro atoms. The summed E-state index contributed by atoms with van der Waals surface area (Å²) >= 11 is 0. The molecule has 1 aliphatic rings. The maximum absolute atomic E-state index is 13.2. The Bertz CT molecular complexity index is 782. The number of aliphatic hydroxyl groups is 1. The smallest absolute Gasteiger partial charge is 0.233 e. The number of piperidine rings is 1. The number of benzene rings is 2. The van der Waals surface area contributed by atoms with Crippen LogP contribution in [0.15, 0.2) is 54.6 Å². The van der Waals surface area contributed by atoms with Gasteiger partial charge in [-0.15, -0.1) is 0 Å². The Morgan fingerprint density at radius 2 is 1.96 bits per heavy atom. The van der Waals surface area contributed by atoms with Crippen molar-refractivity contribution in [3.05, 3.63) is 71.5 Å². The van der Waals surface area contributed by atoms with E-state index in [0.29, 0.717) is 18.4 Å². The molecule has 136 valence electrons. The Morgan fingerprint density at radius 1 is 1.19 bits per heavy atom. The molecule has 1 heterocycles. The van der Waals surface area contributed by atoms with Crippen LogP contribution in [-0.2, 0) is 9.59 Å². The second kappa shape index (κ2) is 8.10. The van der Waals surface area contributed by atoms with Gasteiger partial charge in [-0.25, -0.2) is 4.39 Å². The Balaban J connectivity index is 1.53. The molecule has 2 amide bonds. The Hall–Kier alpha value is -2.73. The number of halogens is 1. The first-order valence-electron chi connectivity index (χ1n) is 8.61. The zero-order chi connectivity index (χ0) is 18.5. The van der Waals surface area contributed by atoms with Crippen LogP contribution in [0.1, 0.15) is 36.1 Å². The number of amides is 2. The topological polar surface area (TPSA) is 78.4 Å². The van der Waals surface area contributed by atoms with Gasteiger partial charge in [0.15, 0.2) is 0 Å². The summed E-state index contributed by atoms with van der Waals surface area (Å²) in [6, 6.07) is 15.1. The lowest BCUT2D eigenvalue weighted by Crippen LogP contribution is -2.46. The summed E-state index contributed by atoms with van der Waals surface area (Å²) in [4.78, 5) is 24.6. The zero-order valence-electron chi connectivity index (χ0n) is 14.2. The van der Waals surface area contributed by atoms with E-state index in [1.54, 1.807) is 6.07 Å². The molecule has 3 N–H and O–H groups in total. The molecule has 0 bridgehead atoms. The second-order valence-electron chi connectivity index (χ2n) is 6.42. The largest absolute Gasteiger partial charge is 0.387 e. The van der Waals surface area contributed by atoms with Gasteiger partial charge in [0.05, 0.1) is 12.1 Å². The summed E-state index contributed by atoms with van der Waals surface area (Å²) < 4.78 is 13.2. The van der Waals surface area contributed by atoms with E-state index in [2.05, 4.69) is 10.6 Å². The van der Waals surface area contributed by atoms with Crippen LogP contribution in [-0.4, -0.2) is 23.5 Å². The summed E-state index contributed by atoms with van der Waals surface area (Å²) in [5.74, 6) is -1.98. The first kappa shape index (κ1) is 18.1. The van der Waals surface area contributed by atoms with Crippen LogP contribution in [0, 0.1) is 11.7 Å². The van der Waals surface area contributed by atoms with E-state index >= 15 is 0 Å². The van der Waals surface area contributed by atoms with E-state index in [1.807, 2.05) is 30.3 Å². The SMILES string of the molecule is O=C(NCC(O)c1cccc(F)c1)C1CCC(c2ccccc2)NC1=O. The molecule has 2 aromatic carbocycles. The highest BCUT2D eigenvalue weighted by molar-refractivity contribution is 6.00. The van der Waals surface area contributed by atoms with Crippen molar-refractivity contribution < 1.29 is 19.1 Å². The van der Waals surface area contributed by atoms with Crippen molar-refractivity contribution in [2.24, 2.45) is 5.92 Å². The monoisotopic (exact) mass is 356 g/mol. The highest BCUT2D eigenvalue weighted by Crippen LogP contribution is 2.26. The number of rotatable bonds is 5. The third-order valence-electron chi connectivity index (χ3n) is 4.60.